The molecule has 1 amide bonds. The van der Waals surface area contributed by atoms with Crippen molar-refractivity contribution in [3.05, 3.63) is 68.7 Å². The first-order valence-electron chi connectivity index (χ1n) is 8.28. The third-order valence-electron chi connectivity index (χ3n) is 3.76. The molecule has 29 heavy (non-hydrogen) atoms. The van der Waals surface area contributed by atoms with Crippen molar-refractivity contribution in [2.24, 2.45) is 12.1 Å². The van der Waals surface area contributed by atoms with Crippen LogP contribution >= 0.6 is 27.7 Å². The molecular formula is C18H15BrN6O3S. The molecule has 0 aliphatic rings. The molecule has 3 rings (SSSR count). The van der Waals surface area contributed by atoms with Crippen molar-refractivity contribution in [2.45, 2.75) is 5.16 Å². The summed E-state index contributed by atoms with van der Waals surface area (Å²) in [5.74, 6) is 0.507. The van der Waals surface area contributed by atoms with Gasteiger partial charge < -0.3 is 4.57 Å². The molecule has 0 radical (unpaired) electrons. The zero-order valence-electron chi connectivity index (χ0n) is 15.2. The van der Waals surface area contributed by atoms with Gasteiger partial charge in [0.2, 0.25) is 0 Å². The van der Waals surface area contributed by atoms with E-state index >= 15 is 0 Å². The number of rotatable bonds is 7. The van der Waals surface area contributed by atoms with E-state index in [9.17, 15) is 14.9 Å². The summed E-state index contributed by atoms with van der Waals surface area (Å²) in [5.41, 5.74) is 3.96. The molecule has 2 aromatic carbocycles. The van der Waals surface area contributed by atoms with Crippen LogP contribution in [0.2, 0.25) is 0 Å². The number of nitrogens with zero attached hydrogens (tertiary/aromatic N) is 5. The van der Waals surface area contributed by atoms with Gasteiger partial charge >= 0.3 is 0 Å². The molecule has 9 nitrogen and oxygen atoms in total. The monoisotopic (exact) mass is 474 g/mol. The van der Waals surface area contributed by atoms with Gasteiger partial charge in [-0.15, -0.1) is 10.2 Å². The van der Waals surface area contributed by atoms with Crippen molar-refractivity contribution in [1.29, 1.82) is 0 Å². The van der Waals surface area contributed by atoms with Gasteiger partial charge in [-0.1, -0.05) is 39.8 Å². The number of hydrogen-bond acceptors (Lipinski definition) is 7. The van der Waals surface area contributed by atoms with Crippen molar-refractivity contribution >= 4 is 45.5 Å². The number of hydrogen-bond donors (Lipinski definition) is 1. The van der Waals surface area contributed by atoms with Gasteiger partial charge in [-0.05, 0) is 29.8 Å². The minimum Gasteiger partial charge on any atom is -0.305 e. The Labute approximate surface area is 178 Å². The number of aromatic nitrogens is 3. The summed E-state index contributed by atoms with van der Waals surface area (Å²) in [6.45, 7) is 0. The molecule has 0 aliphatic carbocycles. The molecule has 148 valence electrons. The summed E-state index contributed by atoms with van der Waals surface area (Å²) >= 11 is 4.68. The summed E-state index contributed by atoms with van der Waals surface area (Å²) in [4.78, 5) is 22.1. The Kier molecular flexibility index (Phi) is 6.73. The van der Waals surface area contributed by atoms with E-state index in [0.29, 0.717) is 16.5 Å². The number of amides is 1. The van der Waals surface area contributed by atoms with E-state index in [-0.39, 0.29) is 17.3 Å². The molecule has 0 unspecified atom stereocenters. The van der Waals surface area contributed by atoms with E-state index in [1.165, 1.54) is 30.1 Å². The van der Waals surface area contributed by atoms with E-state index in [1.54, 1.807) is 12.1 Å². The second kappa shape index (κ2) is 9.43. The van der Waals surface area contributed by atoms with Crippen molar-refractivity contribution in [2.75, 3.05) is 5.75 Å². The summed E-state index contributed by atoms with van der Waals surface area (Å²) in [7, 11) is 1.84. The van der Waals surface area contributed by atoms with E-state index in [0.717, 1.165) is 10.0 Å². The fourth-order valence-corrected chi connectivity index (χ4v) is 3.45. The van der Waals surface area contributed by atoms with Crippen molar-refractivity contribution < 1.29 is 9.72 Å². The number of non-ortho nitro benzene ring substituents is 1. The van der Waals surface area contributed by atoms with Gasteiger partial charge in [0.05, 0.1) is 16.9 Å². The van der Waals surface area contributed by atoms with Gasteiger partial charge in [0.15, 0.2) is 11.0 Å². The van der Waals surface area contributed by atoms with Gasteiger partial charge in [0.1, 0.15) is 0 Å². The zero-order valence-corrected chi connectivity index (χ0v) is 17.6. The van der Waals surface area contributed by atoms with Crippen LogP contribution in [0, 0.1) is 10.1 Å². The third kappa shape index (κ3) is 5.48. The lowest BCUT2D eigenvalue weighted by Crippen LogP contribution is -2.19. The Morgan fingerprint density at radius 2 is 2.07 bits per heavy atom. The predicted molar refractivity (Wildman–Crippen MR) is 114 cm³/mol. The summed E-state index contributed by atoms with van der Waals surface area (Å²) in [5, 5.41) is 23.4. The maximum Gasteiger partial charge on any atom is 0.269 e. The van der Waals surface area contributed by atoms with E-state index in [2.05, 4.69) is 36.7 Å². The van der Waals surface area contributed by atoms with Gasteiger partial charge in [-0.25, -0.2) is 5.43 Å². The highest BCUT2D eigenvalue weighted by Crippen LogP contribution is 2.24. The van der Waals surface area contributed by atoms with Crippen LogP contribution < -0.4 is 5.43 Å². The molecule has 1 heterocycles. The second-order valence-electron chi connectivity index (χ2n) is 5.81. The number of thioether (sulfide) groups is 1. The summed E-state index contributed by atoms with van der Waals surface area (Å²) < 4.78 is 2.76. The average Bonchev–Trinajstić information content (AvgIpc) is 3.07. The molecule has 0 saturated carbocycles. The topological polar surface area (TPSA) is 115 Å². The average molecular weight is 475 g/mol. The van der Waals surface area contributed by atoms with Crippen LogP contribution in [-0.2, 0) is 11.8 Å². The fraction of sp³-hybridized carbons (Fsp3) is 0.111. The van der Waals surface area contributed by atoms with Crippen molar-refractivity contribution in [3.8, 4) is 11.4 Å². The minimum atomic E-state index is -0.478. The molecular weight excluding hydrogens is 460 g/mol. The van der Waals surface area contributed by atoms with Crippen molar-refractivity contribution in [1.82, 2.24) is 20.2 Å². The lowest BCUT2D eigenvalue weighted by atomic mass is 10.2. The molecule has 0 fully saturated rings. The largest absolute Gasteiger partial charge is 0.305 e. The maximum atomic E-state index is 12.0. The van der Waals surface area contributed by atoms with Crippen LogP contribution in [0.1, 0.15) is 5.56 Å². The predicted octanol–water partition coefficient (Wildman–Crippen LogP) is 3.40. The maximum absolute atomic E-state index is 12.0. The van der Waals surface area contributed by atoms with Crippen LogP contribution in [0.25, 0.3) is 11.4 Å². The van der Waals surface area contributed by atoms with Gasteiger partial charge in [0, 0.05) is 29.2 Å². The number of hydrazone groups is 1. The van der Waals surface area contributed by atoms with E-state index in [1.807, 2.05) is 35.9 Å². The third-order valence-corrected chi connectivity index (χ3v) is 5.27. The smallest absolute Gasteiger partial charge is 0.269 e. The number of halogens is 1. The molecule has 0 atom stereocenters. The van der Waals surface area contributed by atoms with Gasteiger partial charge in [0.25, 0.3) is 11.6 Å². The quantitative estimate of drug-likeness (QED) is 0.243. The molecule has 1 N–H and O–H groups in total. The first kappa shape index (κ1) is 20.7. The number of nitro benzene ring substituents is 1. The summed E-state index contributed by atoms with van der Waals surface area (Å²) in [6, 6.07) is 13.6. The molecule has 0 bridgehead atoms. The number of nitro groups is 1. The Balaban J connectivity index is 1.54. The molecule has 0 saturated heterocycles. The fourth-order valence-electron chi connectivity index (χ4n) is 2.34. The number of benzene rings is 2. The SMILES string of the molecule is Cn1c(SCC(=O)NN=Cc2ccc([N+](=O)[O-])cc2)nnc1-c1cccc(Br)c1. The molecule has 1 aromatic heterocycles. The van der Waals surface area contributed by atoms with E-state index in [4.69, 9.17) is 0 Å². The second-order valence-corrected chi connectivity index (χ2v) is 7.66. The van der Waals surface area contributed by atoms with Crippen LogP contribution in [0.5, 0.6) is 0 Å². The van der Waals surface area contributed by atoms with Gasteiger partial charge in [-0.2, -0.15) is 5.10 Å². The first-order chi connectivity index (χ1) is 13.9. The first-order valence-corrected chi connectivity index (χ1v) is 10.1. The van der Waals surface area contributed by atoms with E-state index < -0.39 is 4.92 Å². The minimum absolute atomic E-state index is 0.00603. The Bertz CT molecular complexity index is 1070. The number of carbonyl (C=O) groups excluding carboxylic acids is 1. The standard InChI is InChI=1S/C18H15BrN6O3S/c1-24-17(13-3-2-4-14(19)9-13)22-23-18(24)29-11-16(26)21-20-10-12-5-7-15(8-6-12)25(27)28/h2-10H,11H2,1H3,(H,21,26). The highest BCUT2D eigenvalue weighted by molar-refractivity contribution is 9.10. The van der Waals surface area contributed by atoms with Crippen LogP contribution in [0.15, 0.2) is 63.3 Å². The highest BCUT2D eigenvalue weighted by atomic mass is 79.9. The molecule has 11 heteroatoms. The van der Waals surface area contributed by atoms with Crippen LogP contribution in [-0.4, -0.2) is 37.6 Å². The Morgan fingerprint density at radius 3 is 2.76 bits per heavy atom. The molecule has 0 aliphatic heterocycles. The molecule has 3 aromatic rings. The molecule has 0 spiro atoms. The van der Waals surface area contributed by atoms with Crippen LogP contribution in [0.3, 0.4) is 0 Å². The normalized spacial score (nSPS) is 11.0. The zero-order chi connectivity index (χ0) is 20.8. The number of nitrogens with one attached hydrogen (secondary N) is 1. The lowest BCUT2D eigenvalue weighted by Gasteiger charge is -2.04. The van der Waals surface area contributed by atoms with Gasteiger partial charge in [-0.3, -0.25) is 14.9 Å². The summed E-state index contributed by atoms with van der Waals surface area (Å²) in [6.07, 6.45) is 1.42. The van der Waals surface area contributed by atoms with Crippen LogP contribution in [0.4, 0.5) is 5.69 Å². The number of carbonyl (C=O) groups is 1. The van der Waals surface area contributed by atoms with Crippen molar-refractivity contribution in [3.63, 3.8) is 0 Å². The lowest BCUT2D eigenvalue weighted by molar-refractivity contribution is -0.384. The Morgan fingerprint density at radius 1 is 1.31 bits per heavy atom. The Hall–Kier alpha value is -3.05. The highest BCUT2D eigenvalue weighted by Gasteiger charge is 2.13.